The summed E-state index contributed by atoms with van der Waals surface area (Å²) in [5, 5.41) is 11.7. The Labute approximate surface area is 94.9 Å². The molecule has 0 unspecified atom stereocenters. The number of hydrogen-bond donors (Lipinski definition) is 2. The molecule has 2 rings (SSSR count). The van der Waals surface area contributed by atoms with Gasteiger partial charge in [0.15, 0.2) is 0 Å². The van der Waals surface area contributed by atoms with E-state index in [1.54, 1.807) is 4.90 Å². The molecule has 86 valence electrons. The maximum atomic E-state index is 11.7. The van der Waals surface area contributed by atoms with Crippen molar-refractivity contribution in [1.82, 2.24) is 4.90 Å². The van der Waals surface area contributed by atoms with Crippen molar-refractivity contribution in [1.29, 1.82) is 0 Å². The number of nitrogens with one attached hydrogen (secondary N) is 1. The lowest BCUT2D eigenvalue weighted by atomic mass is 10.0. The zero-order valence-electron chi connectivity index (χ0n) is 9.31. The second kappa shape index (κ2) is 4.53. The van der Waals surface area contributed by atoms with Gasteiger partial charge in [-0.1, -0.05) is 17.7 Å². The predicted octanol–water partition coefficient (Wildman–Crippen LogP) is 1.45. The normalized spacial score (nSPS) is 15.8. The van der Waals surface area contributed by atoms with Crippen LogP contribution in [0.5, 0.6) is 0 Å². The fourth-order valence-corrected chi connectivity index (χ4v) is 1.69. The Morgan fingerprint density at radius 3 is 2.62 bits per heavy atom. The molecule has 1 aliphatic rings. The topological polar surface area (TPSA) is 52.6 Å². The molecule has 2 amide bonds. The molecule has 4 heteroatoms. The van der Waals surface area contributed by atoms with E-state index < -0.39 is 0 Å². The number of urea groups is 1. The van der Waals surface area contributed by atoms with Gasteiger partial charge in [0.25, 0.3) is 0 Å². The average Bonchev–Trinajstić information content (AvgIpc) is 2.20. The summed E-state index contributed by atoms with van der Waals surface area (Å²) in [6.45, 7) is 3.46. The Bertz CT molecular complexity index is 369. The van der Waals surface area contributed by atoms with Crippen LogP contribution in [0.4, 0.5) is 10.5 Å². The first-order chi connectivity index (χ1) is 7.69. The van der Waals surface area contributed by atoms with Crippen molar-refractivity contribution in [2.45, 2.75) is 6.92 Å². The van der Waals surface area contributed by atoms with E-state index in [9.17, 15) is 4.79 Å². The summed E-state index contributed by atoms with van der Waals surface area (Å²) in [5.74, 6) is 0.253. The van der Waals surface area contributed by atoms with E-state index in [2.05, 4.69) is 5.32 Å². The summed E-state index contributed by atoms with van der Waals surface area (Å²) in [7, 11) is 0. The molecule has 0 saturated carbocycles. The second-order valence-electron chi connectivity index (χ2n) is 4.25. The minimum absolute atomic E-state index is 0.0893. The Kier molecular flexibility index (Phi) is 3.10. The summed E-state index contributed by atoms with van der Waals surface area (Å²) < 4.78 is 0. The minimum atomic E-state index is -0.0893. The van der Waals surface area contributed by atoms with Gasteiger partial charge in [-0.25, -0.2) is 4.79 Å². The third kappa shape index (κ3) is 2.33. The molecular weight excluding hydrogens is 204 g/mol. The number of likely N-dealkylation sites (tertiary alicyclic amines) is 1. The average molecular weight is 220 g/mol. The molecule has 0 radical (unpaired) electrons. The number of hydrogen-bond acceptors (Lipinski definition) is 2. The standard InChI is InChI=1S/C12H16N2O2/c1-9-2-4-11(5-3-9)13-12(16)14-6-10(7-14)8-15/h2-5,10,15H,6-8H2,1H3,(H,13,16). The number of aliphatic hydroxyl groups excluding tert-OH is 1. The number of benzene rings is 1. The Balaban J connectivity index is 1.86. The summed E-state index contributed by atoms with van der Waals surface area (Å²) in [5.41, 5.74) is 1.98. The van der Waals surface area contributed by atoms with Crippen LogP contribution in [0.25, 0.3) is 0 Å². The van der Waals surface area contributed by atoms with Crippen LogP contribution in [0.2, 0.25) is 0 Å². The second-order valence-corrected chi connectivity index (χ2v) is 4.25. The first-order valence-electron chi connectivity index (χ1n) is 5.42. The summed E-state index contributed by atoms with van der Waals surface area (Å²) >= 11 is 0. The van der Waals surface area contributed by atoms with Crippen LogP contribution in [0, 0.1) is 12.8 Å². The fraction of sp³-hybridized carbons (Fsp3) is 0.417. The van der Waals surface area contributed by atoms with Crippen molar-refractivity contribution in [3.8, 4) is 0 Å². The molecule has 1 aliphatic heterocycles. The van der Waals surface area contributed by atoms with Crippen LogP contribution in [0.1, 0.15) is 5.56 Å². The van der Waals surface area contributed by atoms with Gasteiger partial charge in [0, 0.05) is 31.3 Å². The van der Waals surface area contributed by atoms with E-state index in [0.717, 1.165) is 5.69 Å². The number of anilines is 1. The largest absolute Gasteiger partial charge is 0.396 e. The van der Waals surface area contributed by atoms with Gasteiger partial charge in [-0.05, 0) is 19.1 Å². The quantitative estimate of drug-likeness (QED) is 0.792. The molecule has 0 aliphatic carbocycles. The van der Waals surface area contributed by atoms with Crippen LogP contribution in [0.15, 0.2) is 24.3 Å². The SMILES string of the molecule is Cc1ccc(NC(=O)N2CC(CO)C2)cc1. The first-order valence-corrected chi connectivity index (χ1v) is 5.42. The van der Waals surface area contributed by atoms with Crippen molar-refractivity contribution in [2.24, 2.45) is 5.92 Å². The van der Waals surface area contributed by atoms with Crippen molar-refractivity contribution in [2.75, 3.05) is 25.0 Å². The molecule has 1 aromatic rings. The van der Waals surface area contributed by atoms with Gasteiger partial charge in [-0.3, -0.25) is 0 Å². The van der Waals surface area contributed by atoms with Gasteiger partial charge in [0.2, 0.25) is 0 Å². The highest BCUT2D eigenvalue weighted by molar-refractivity contribution is 5.89. The van der Waals surface area contributed by atoms with Crippen LogP contribution in [-0.4, -0.2) is 35.7 Å². The summed E-state index contributed by atoms with van der Waals surface area (Å²) in [4.78, 5) is 13.4. The van der Waals surface area contributed by atoms with Crippen LogP contribution in [-0.2, 0) is 0 Å². The highest BCUT2D eigenvalue weighted by Gasteiger charge is 2.29. The smallest absolute Gasteiger partial charge is 0.321 e. The maximum absolute atomic E-state index is 11.7. The molecule has 1 aromatic carbocycles. The highest BCUT2D eigenvalue weighted by Crippen LogP contribution is 2.16. The molecule has 1 fully saturated rings. The summed E-state index contributed by atoms with van der Waals surface area (Å²) in [6, 6.07) is 7.60. The molecular formula is C12H16N2O2. The lowest BCUT2D eigenvalue weighted by Gasteiger charge is -2.38. The molecule has 2 N–H and O–H groups in total. The lowest BCUT2D eigenvalue weighted by molar-refractivity contribution is 0.0838. The number of rotatable bonds is 2. The number of amides is 2. The first kappa shape index (κ1) is 11.0. The van der Waals surface area contributed by atoms with Crippen LogP contribution in [0.3, 0.4) is 0 Å². The van der Waals surface area contributed by atoms with E-state index in [1.807, 2.05) is 31.2 Å². The van der Waals surface area contributed by atoms with Crippen molar-refractivity contribution in [3.63, 3.8) is 0 Å². The van der Waals surface area contributed by atoms with E-state index in [4.69, 9.17) is 5.11 Å². The van der Waals surface area contributed by atoms with Gasteiger partial charge in [-0.15, -0.1) is 0 Å². The van der Waals surface area contributed by atoms with Gasteiger partial charge in [0.05, 0.1) is 0 Å². The molecule has 0 spiro atoms. The molecule has 1 saturated heterocycles. The van der Waals surface area contributed by atoms with Crippen molar-refractivity contribution < 1.29 is 9.90 Å². The number of carbonyl (C=O) groups excluding carboxylic acids is 1. The third-order valence-electron chi connectivity index (χ3n) is 2.81. The van der Waals surface area contributed by atoms with E-state index >= 15 is 0 Å². The fourth-order valence-electron chi connectivity index (χ4n) is 1.69. The maximum Gasteiger partial charge on any atom is 0.321 e. The third-order valence-corrected chi connectivity index (χ3v) is 2.81. The Morgan fingerprint density at radius 2 is 2.06 bits per heavy atom. The zero-order chi connectivity index (χ0) is 11.5. The minimum Gasteiger partial charge on any atom is -0.396 e. The molecule has 0 aromatic heterocycles. The van der Waals surface area contributed by atoms with Gasteiger partial charge < -0.3 is 15.3 Å². The van der Waals surface area contributed by atoms with Gasteiger partial charge in [0.1, 0.15) is 0 Å². The lowest BCUT2D eigenvalue weighted by Crippen LogP contribution is -2.52. The number of aliphatic hydroxyl groups is 1. The van der Waals surface area contributed by atoms with Gasteiger partial charge >= 0.3 is 6.03 Å². The highest BCUT2D eigenvalue weighted by atomic mass is 16.3. The summed E-state index contributed by atoms with van der Waals surface area (Å²) in [6.07, 6.45) is 0. The van der Waals surface area contributed by atoms with Crippen molar-refractivity contribution in [3.05, 3.63) is 29.8 Å². The Hall–Kier alpha value is -1.55. The van der Waals surface area contributed by atoms with E-state index in [0.29, 0.717) is 13.1 Å². The molecule has 16 heavy (non-hydrogen) atoms. The van der Waals surface area contributed by atoms with Crippen LogP contribution >= 0.6 is 0 Å². The van der Waals surface area contributed by atoms with Crippen molar-refractivity contribution >= 4 is 11.7 Å². The monoisotopic (exact) mass is 220 g/mol. The van der Waals surface area contributed by atoms with Crippen LogP contribution < -0.4 is 5.32 Å². The predicted molar refractivity (Wildman–Crippen MR) is 62.3 cm³/mol. The number of nitrogens with zero attached hydrogens (tertiary/aromatic N) is 1. The number of aryl methyl sites for hydroxylation is 1. The van der Waals surface area contributed by atoms with Gasteiger partial charge in [-0.2, -0.15) is 0 Å². The molecule has 1 heterocycles. The number of carbonyl (C=O) groups is 1. The molecule has 4 nitrogen and oxygen atoms in total. The van der Waals surface area contributed by atoms with E-state index in [-0.39, 0.29) is 18.6 Å². The zero-order valence-corrected chi connectivity index (χ0v) is 9.31. The molecule has 0 bridgehead atoms. The molecule has 0 atom stereocenters. The Morgan fingerprint density at radius 1 is 1.44 bits per heavy atom. The van der Waals surface area contributed by atoms with E-state index in [1.165, 1.54) is 5.56 Å².